The summed E-state index contributed by atoms with van der Waals surface area (Å²) in [6.07, 6.45) is -0.258. The molecule has 1 atom stereocenters. The van der Waals surface area contributed by atoms with Gasteiger partial charge in [-0.15, -0.1) is 0 Å². The maximum absolute atomic E-state index is 10.1. The Morgan fingerprint density at radius 3 is 2.12 bits per heavy atom. The Hall–Kier alpha value is -0.723. The van der Waals surface area contributed by atoms with E-state index >= 15 is 0 Å². The predicted octanol–water partition coefficient (Wildman–Crippen LogP) is 2.27. The number of benzene rings is 1. The van der Waals surface area contributed by atoms with Gasteiger partial charge >= 0.3 is 9.05 Å². The molecule has 96 valence electrons. The van der Waals surface area contributed by atoms with E-state index in [1.165, 1.54) is 0 Å². The zero-order valence-electron chi connectivity index (χ0n) is 10.6. The molecule has 0 radical (unpaired) electrons. The Bertz CT molecular complexity index is 312. The van der Waals surface area contributed by atoms with Crippen molar-refractivity contribution in [1.29, 1.82) is 0 Å². The van der Waals surface area contributed by atoms with E-state index in [9.17, 15) is 4.80 Å². The number of hydrogen-bond acceptors (Lipinski definition) is 4. The van der Waals surface area contributed by atoms with Crippen LogP contribution in [-0.2, 0) is 13.3 Å². The fraction of sp³-hybridized carbons (Fsp3) is 0.500. The summed E-state index contributed by atoms with van der Waals surface area (Å²) in [7, 11) is -3.50. The lowest BCUT2D eigenvalue weighted by Gasteiger charge is -2.25. The third-order valence-corrected chi connectivity index (χ3v) is 4.21. The van der Waals surface area contributed by atoms with Crippen molar-refractivity contribution in [2.45, 2.75) is 26.9 Å². The van der Waals surface area contributed by atoms with Gasteiger partial charge in [-0.2, -0.15) is 0 Å². The summed E-state index contributed by atoms with van der Waals surface area (Å²) in [4.78, 5) is 10.1. The number of hydrogen-bond donors (Lipinski definition) is 1. The van der Waals surface area contributed by atoms with Crippen LogP contribution in [0.4, 0.5) is 0 Å². The van der Waals surface area contributed by atoms with E-state index in [-0.39, 0.29) is 6.10 Å². The van der Waals surface area contributed by atoms with Crippen molar-refractivity contribution in [1.82, 2.24) is 0 Å². The highest BCUT2D eigenvalue weighted by Gasteiger charge is 2.42. The molecule has 1 unspecified atom stereocenters. The summed E-state index contributed by atoms with van der Waals surface area (Å²) in [5, 5.41) is 0. The van der Waals surface area contributed by atoms with E-state index in [4.69, 9.17) is 13.3 Å². The fourth-order valence-electron chi connectivity index (χ4n) is 1.49. The minimum absolute atomic E-state index is 0.258. The monoisotopic (exact) mass is 256 g/mol. The summed E-state index contributed by atoms with van der Waals surface area (Å²) < 4.78 is 16.0. The van der Waals surface area contributed by atoms with Crippen molar-refractivity contribution in [2.24, 2.45) is 0 Å². The van der Waals surface area contributed by atoms with Gasteiger partial charge in [-0.3, -0.25) is 0 Å². The molecule has 0 spiro atoms. The van der Waals surface area contributed by atoms with Crippen LogP contribution in [0.1, 0.15) is 32.4 Å². The van der Waals surface area contributed by atoms with Crippen LogP contribution in [0.15, 0.2) is 30.3 Å². The zero-order valence-corrected chi connectivity index (χ0v) is 11.6. The first-order valence-electron chi connectivity index (χ1n) is 5.84. The van der Waals surface area contributed by atoms with Crippen molar-refractivity contribution in [3.8, 4) is 0 Å². The van der Waals surface area contributed by atoms with Crippen molar-refractivity contribution in [3.05, 3.63) is 35.9 Å². The van der Waals surface area contributed by atoms with E-state index in [0.717, 1.165) is 5.56 Å². The molecule has 17 heavy (non-hydrogen) atoms. The van der Waals surface area contributed by atoms with Crippen molar-refractivity contribution in [2.75, 3.05) is 13.2 Å². The van der Waals surface area contributed by atoms with Crippen LogP contribution in [0.3, 0.4) is 0 Å². The molecular formula is C12H20O4Si. The van der Waals surface area contributed by atoms with Crippen molar-refractivity contribution < 1.29 is 18.1 Å². The average Bonchev–Trinajstić information content (AvgIpc) is 2.30. The lowest BCUT2D eigenvalue weighted by molar-refractivity contribution is -0.0246. The van der Waals surface area contributed by atoms with Crippen molar-refractivity contribution in [3.63, 3.8) is 0 Å². The van der Waals surface area contributed by atoms with Gasteiger partial charge in [0, 0.05) is 13.2 Å². The molecule has 0 amide bonds. The summed E-state index contributed by atoms with van der Waals surface area (Å²) in [5.74, 6) is 0. The van der Waals surface area contributed by atoms with Crippen LogP contribution in [0, 0.1) is 0 Å². The van der Waals surface area contributed by atoms with E-state index in [2.05, 4.69) is 0 Å². The summed E-state index contributed by atoms with van der Waals surface area (Å²) >= 11 is 0. The second-order valence-corrected chi connectivity index (χ2v) is 5.42. The third-order valence-electron chi connectivity index (χ3n) is 2.25. The fourth-order valence-corrected chi connectivity index (χ4v) is 3.02. The molecule has 0 bridgehead atoms. The van der Waals surface area contributed by atoms with E-state index in [1.807, 2.05) is 37.3 Å². The summed E-state index contributed by atoms with van der Waals surface area (Å²) in [6.45, 7) is 6.20. The Kier molecular flexibility index (Phi) is 5.80. The molecule has 1 aromatic rings. The molecule has 0 aliphatic carbocycles. The van der Waals surface area contributed by atoms with Crippen LogP contribution in [0.5, 0.6) is 0 Å². The van der Waals surface area contributed by atoms with E-state index < -0.39 is 9.05 Å². The summed E-state index contributed by atoms with van der Waals surface area (Å²) in [5.41, 5.74) is 0.984. The van der Waals surface area contributed by atoms with Gasteiger partial charge in [-0.05, 0) is 26.3 Å². The quantitative estimate of drug-likeness (QED) is 0.760. The van der Waals surface area contributed by atoms with Gasteiger partial charge in [0.25, 0.3) is 0 Å². The van der Waals surface area contributed by atoms with Crippen LogP contribution in [0.25, 0.3) is 0 Å². The van der Waals surface area contributed by atoms with Gasteiger partial charge in [0.2, 0.25) is 0 Å². The third kappa shape index (κ3) is 4.57. The van der Waals surface area contributed by atoms with Crippen molar-refractivity contribution >= 4 is 9.05 Å². The number of rotatable bonds is 7. The van der Waals surface area contributed by atoms with Crippen LogP contribution < -0.4 is 0 Å². The normalized spacial score (nSPS) is 13.6. The first-order chi connectivity index (χ1) is 8.11. The van der Waals surface area contributed by atoms with Gasteiger partial charge in [0.05, 0.1) is 6.10 Å². The largest absolute Gasteiger partial charge is 0.677 e. The molecule has 1 N–H and O–H groups in total. The van der Waals surface area contributed by atoms with E-state index in [0.29, 0.717) is 13.2 Å². The van der Waals surface area contributed by atoms with Gasteiger partial charge < -0.3 is 18.1 Å². The minimum Gasteiger partial charge on any atom is -0.367 e. The van der Waals surface area contributed by atoms with Gasteiger partial charge in [0.1, 0.15) is 0 Å². The molecule has 0 fully saturated rings. The van der Waals surface area contributed by atoms with Crippen LogP contribution in [0.2, 0.25) is 0 Å². The molecule has 1 aromatic carbocycles. The van der Waals surface area contributed by atoms with Gasteiger partial charge in [-0.25, -0.2) is 0 Å². The molecule has 0 saturated carbocycles. The first kappa shape index (κ1) is 14.3. The van der Waals surface area contributed by atoms with Gasteiger partial charge in [-0.1, -0.05) is 30.3 Å². The second-order valence-electron chi connectivity index (χ2n) is 3.56. The zero-order chi connectivity index (χ0) is 12.7. The Morgan fingerprint density at radius 2 is 1.65 bits per heavy atom. The lowest BCUT2D eigenvalue weighted by atomic mass is 10.1. The second kappa shape index (κ2) is 6.88. The Labute approximate surface area is 104 Å². The molecule has 0 aliphatic rings. The first-order valence-corrected chi connectivity index (χ1v) is 7.51. The van der Waals surface area contributed by atoms with E-state index in [1.54, 1.807) is 13.8 Å². The molecule has 0 saturated heterocycles. The molecular weight excluding hydrogens is 236 g/mol. The van der Waals surface area contributed by atoms with Crippen LogP contribution >= 0.6 is 0 Å². The highest BCUT2D eigenvalue weighted by molar-refractivity contribution is 6.51. The average molecular weight is 256 g/mol. The SMILES string of the molecule is CCO[Si](O)(OCC)OC(C)c1ccccc1. The smallest absolute Gasteiger partial charge is 0.367 e. The Balaban J connectivity index is 2.67. The highest BCUT2D eigenvalue weighted by Crippen LogP contribution is 2.21. The molecule has 1 rings (SSSR count). The van der Waals surface area contributed by atoms with Gasteiger partial charge in [0.15, 0.2) is 0 Å². The molecule has 0 aromatic heterocycles. The standard InChI is InChI=1S/C12H20O4Si/c1-4-14-17(13,15-5-2)16-11(3)12-9-7-6-8-10-12/h6-11,13H,4-5H2,1-3H3. The molecule has 5 heteroatoms. The molecule has 0 aliphatic heterocycles. The molecule has 0 heterocycles. The minimum atomic E-state index is -3.50. The maximum Gasteiger partial charge on any atom is 0.677 e. The summed E-state index contributed by atoms with van der Waals surface area (Å²) in [6, 6.07) is 9.67. The predicted molar refractivity (Wildman–Crippen MR) is 67.2 cm³/mol. The Morgan fingerprint density at radius 1 is 1.12 bits per heavy atom. The van der Waals surface area contributed by atoms with Crippen LogP contribution in [-0.4, -0.2) is 27.1 Å². The lowest BCUT2D eigenvalue weighted by Crippen LogP contribution is -2.46. The maximum atomic E-state index is 10.1. The highest BCUT2D eigenvalue weighted by atomic mass is 28.4. The molecule has 4 nitrogen and oxygen atoms in total. The topological polar surface area (TPSA) is 47.9 Å².